The third kappa shape index (κ3) is 4.62. The highest BCUT2D eigenvalue weighted by Gasteiger charge is 2.23. The minimum absolute atomic E-state index is 0.0392. The normalized spacial score (nSPS) is 17.6. The lowest BCUT2D eigenvalue weighted by molar-refractivity contribution is 0.0697. The summed E-state index contributed by atoms with van der Waals surface area (Å²) >= 11 is 3.29. The average molecular weight is 453 g/mol. The number of carboxylic acid groups (broad SMARTS) is 1. The molecule has 6 nitrogen and oxygen atoms in total. The number of hydrogen-bond acceptors (Lipinski definition) is 4. The summed E-state index contributed by atoms with van der Waals surface area (Å²) in [7, 11) is -3.84. The van der Waals surface area contributed by atoms with Crippen molar-refractivity contribution in [2.24, 2.45) is 5.92 Å². The van der Waals surface area contributed by atoms with Crippen LogP contribution in [0.25, 0.3) is 0 Å². The van der Waals surface area contributed by atoms with E-state index in [1.807, 2.05) is 0 Å². The van der Waals surface area contributed by atoms with Crippen LogP contribution in [0.3, 0.4) is 0 Å². The third-order valence-electron chi connectivity index (χ3n) is 4.61. The zero-order chi connectivity index (χ0) is 19.6. The van der Waals surface area contributed by atoms with Crippen LogP contribution in [-0.2, 0) is 10.0 Å². The fourth-order valence-electron chi connectivity index (χ4n) is 3.25. The van der Waals surface area contributed by atoms with E-state index in [0.717, 1.165) is 30.4 Å². The molecular formula is C19H21BrN2O4S. The van der Waals surface area contributed by atoms with E-state index in [4.69, 9.17) is 0 Å². The highest BCUT2D eigenvalue weighted by atomic mass is 79.9. The first kappa shape index (κ1) is 19.7. The standard InChI is InChI=1S/C19H21BrN2O4S/c1-13-3-2-10-22(12-13)18-9-4-14(19(23)24)11-17(18)21-27(25,26)16-7-5-15(20)6-8-16/h4-9,11,13,21H,2-3,10,12H2,1H3,(H,23,24)/t13-/m0/s1. The van der Waals surface area contributed by atoms with Crippen molar-refractivity contribution in [3.63, 3.8) is 0 Å². The lowest BCUT2D eigenvalue weighted by Gasteiger charge is -2.34. The summed E-state index contributed by atoms with van der Waals surface area (Å²) < 4.78 is 29.0. The van der Waals surface area contributed by atoms with Gasteiger partial charge in [-0.25, -0.2) is 13.2 Å². The van der Waals surface area contributed by atoms with E-state index in [9.17, 15) is 18.3 Å². The van der Waals surface area contributed by atoms with E-state index in [2.05, 4.69) is 32.5 Å². The number of anilines is 2. The van der Waals surface area contributed by atoms with E-state index < -0.39 is 16.0 Å². The van der Waals surface area contributed by atoms with Crippen molar-refractivity contribution >= 4 is 43.3 Å². The van der Waals surface area contributed by atoms with Crippen molar-refractivity contribution in [1.82, 2.24) is 0 Å². The molecule has 1 fully saturated rings. The van der Waals surface area contributed by atoms with Crippen LogP contribution in [0.2, 0.25) is 0 Å². The van der Waals surface area contributed by atoms with Gasteiger partial charge in [-0.2, -0.15) is 0 Å². The summed E-state index contributed by atoms with van der Waals surface area (Å²) in [6, 6.07) is 10.9. The number of halogens is 1. The zero-order valence-electron chi connectivity index (χ0n) is 14.9. The van der Waals surface area contributed by atoms with E-state index >= 15 is 0 Å². The molecule has 0 aliphatic carbocycles. The van der Waals surface area contributed by atoms with Gasteiger partial charge in [-0.1, -0.05) is 22.9 Å². The Bertz CT molecular complexity index is 945. The zero-order valence-corrected chi connectivity index (χ0v) is 17.3. The number of nitrogens with one attached hydrogen (secondary N) is 1. The summed E-state index contributed by atoms with van der Waals surface area (Å²) in [6.07, 6.45) is 2.14. The monoisotopic (exact) mass is 452 g/mol. The molecule has 1 saturated heterocycles. The summed E-state index contributed by atoms with van der Waals surface area (Å²) in [4.78, 5) is 13.6. The second-order valence-electron chi connectivity index (χ2n) is 6.79. The van der Waals surface area contributed by atoms with E-state index in [1.54, 1.807) is 18.2 Å². The number of carboxylic acids is 1. The largest absolute Gasteiger partial charge is 0.478 e. The molecule has 0 saturated carbocycles. The molecule has 0 aromatic heterocycles. The van der Waals surface area contributed by atoms with Crippen LogP contribution in [0, 0.1) is 5.92 Å². The molecule has 1 aliphatic rings. The Morgan fingerprint density at radius 3 is 2.56 bits per heavy atom. The number of carbonyl (C=O) groups is 1. The van der Waals surface area contributed by atoms with Gasteiger partial charge in [-0.3, -0.25) is 4.72 Å². The van der Waals surface area contributed by atoms with Crippen LogP contribution in [0.1, 0.15) is 30.1 Å². The summed E-state index contributed by atoms with van der Waals surface area (Å²) in [6.45, 7) is 3.77. The minimum Gasteiger partial charge on any atom is -0.478 e. The first-order valence-corrected chi connectivity index (χ1v) is 10.9. The van der Waals surface area contributed by atoms with Crippen molar-refractivity contribution in [1.29, 1.82) is 0 Å². The molecule has 144 valence electrons. The van der Waals surface area contributed by atoms with Gasteiger partial charge in [0.2, 0.25) is 0 Å². The maximum absolute atomic E-state index is 12.8. The minimum atomic E-state index is -3.84. The van der Waals surface area contributed by atoms with Crippen LogP contribution >= 0.6 is 15.9 Å². The number of aromatic carboxylic acids is 1. The van der Waals surface area contributed by atoms with Gasteiger partial charge in [0.15, 0.2) is 0 Å². The molecule has 1 aliphatic heterocycles. The Morgan fingerprint density at radius 2 is 1.93 bits per heavy atom. The summed E-state index contributed by atoms with van der Waals surface area (Å²) in [5.74, 6) is -0.605. The van der Waals surface area contributed by atoms with Crippen LogP contribution in [0.4, 0.5) is 11.4 Å². The van der Waals surface area contributed by atoms with Crippen LogP contribution in [0.5, 0.6) is 0 Å². The van der Waals surface area contributed by atoms with Gasteiger partial charge in [-0.15, -0.1) is 0 Å². The molecule has 1 atom stereocenters. The Kier molecular flexibility index (Phi) is 5.76. The number of piperidine rings is 1. The van der Waals surface area contributed by atoms with Crippen molar-refractivity contribution < 1.29 is 18.3 Å². The second-order valence-corrected chi connectivity index (χ2v) is 9.39. The van der Waals surface area contributed by atoms with Crippen molar-refractivity contribution in [2.45, 2.75) is 24.7 Å². The number of rotatable bonds is 5. The highest BCUT2D eigenvalue weighted by molar-refractivity contribution is 9.10. The molecular weight excluding hydrogens is 432 g/mol. The molecule has 1 heterocycles. The molecule has 0 radical (unpaired) electrons. The predicted octanol–water partition coefficient (Wildman–Crippen LogP) is 4.18. The van der Waals surface area contributed by atoms with E-state index in [0.29, 0.717) is 11.6 Å². The highest BCUT2D eigenvalue weighted by Crippen LogP contribution is 2.32. The molecule has 2 N–H and O–H groups in total. The number of hydrogen-bond donors (Lipinski definition) is 2. The molecule has 0 spiro atoms. The maximum Gasteiger partial charge on any atom is 0.335 e. The molecule has 0 unspecified atom stereocenters. The smallest absolute Gasteiger partial charge is 0.335 e. The quantitative estimate of drug-likeness (QED) is 0.709. The topological polar surface area (TPSA) is 86.7 Å². The van der Waals surface area contributed by atoms with Gasteiger partial charge in [0, 0.05) is 17.6 Å². The molecule has 3 rings (SSSR count). The van der Waals surface area contributed by atoms with Crippen LogP contribution in [0.15, 0.2) is 51.8 Å². The lowest BCUT2D eigenvalue weighted by atomic mass is 9.99. The summed E-state index contributed by atoms with van der Waals surface area (Å²) in [5, 5.41) is 9.30. The second kappa shape index (κ2) is 7.90. The van der Waals surface area contributed by atoms with Gasteiger partial charge in [-0.05, 0) is 61.2 Å². The van der Waals surface area contributed by atoms with Crippen molar-refractivity contribution in [2.75, 3.05) is 22.7 Å². The molecule has 27 heavy (non-hydrogen) atoms. The number of sulfonamides is 1. The van der Waals surface area contributed by atoms with Crippen LogP contribution < -0.4 is 9.62 Å². The lowest BCUT2D eigenvalue weighted by Crippen LogP contribution is -2.35. The van der Waals surface area contributed by atoms with E-state index in [-0.39, 0.29) is 16.1 Å². The molecule has 8 heteroatoms. The first-order valence-electron chi connectivity index (χ1n) is 8.67. The first-order chi connectivity index (χ1) is 12.8. The molecule has 0 amide bonds. The van der Waals surface area contributed by atoms with Gasteiger partial charge >= 0.3 is 5.97 Å². The Labute approximate surface area is 167 Å². The Morgan fingerprint density at radius 1 is 1.22 bits per heavy atom. The number of benzene rings is 2. The van der Waals surface area contributed by atoms with Gasteiger partial charge in [0.05, 0.1) is 21.8 Å². The van der Waals surface area contributed by atoms with E-state index in [1.165, 1.54) is 24.3 Å². The fourth-order valence-corrected chi connectivity index (χ4v) is 4.58. The van der Waals surface area contributed by atoms with Crippen molar-refractivity contribution in [3.05, 3.63) is 52.5 Å². The third-order valence-corrected chi connectivity index (χ3v) is 6.52. The van der Waals surface area contributed by atoms with Crippen LogP contribution in [-0.4, -0.2) is 32.6 Å². The molecule has 2 aromatic carbocycles. The van der Waals surface area contributed by atoms with Crippen molar-refractivity contribution in [3.8, 4) is 0 Å². The Hall–Kier alpha value is -2.06. The molecule has 2 aromatic rings. The predicted molar refractivity (Wildman–Crippen MR) is 109 cm³/mol. The summed E-state index contributed by atoms with van der Waals surface area (Å²) in [5.41, 5.74) is 1.02. The van der Waals surface area contributed by atoms with Gasteiger partial charge in [0.25, 0.3) is 10.0 Å². The van der Waals surface area contributed by atoms with Gasteiger partial charge in [0.1, 0.15) is 0 Å². The number of nitrogens with zero attached hydrogens (tertiary/aromatic N) is 1. The Balaban J connectivity index is 1.99. The fraction of sp³-hybridized carbons (Fsp3) is 0.316. The maximum atomic E-state index is 12.8. The molecule has 0 bridgehead atoms. The van der Waals surface area contributed by atoms with Gasteiger partial charge < -0.3 is 10.0 Å². The SMILES string of the molecule is C[C@H]1CCCN(c2ccc(C(=O)O)cc2NS(=O)(=O)c2ccc(Br)cc2)C1. The average Bonchev–Trinajstić information content (AvgIpc) is 2.61.